The van der Waals surface area contributed by atoms with E-state index in [1.807, 2.05) is 12.1 Å². The summed E-state index contributed by atoms with van der Waals surface area (Å²) in [5, 5.41) is 3.53. The van der Waals surface area contributed by atoms with Crippen LogP contribution >= 0.6 is 47.8 Å². The quantitative estimate of drug-likeness (QED) is 0.604. The molecule has 0 radical (unpaired) electrons. The first-order valence-electron chi connectivity index (χ1n) is 6.00. The first kappa shape index (κ1) is 15.1. The van der Waals surface area contributed by atoms with Crippen molar-refractivity contribution in [2.24, 2.45) is 0 Å². The van der Waals surface area contributed by atoms with Crippen molar-refractivity contribution in [3.05, 3.63) is 61.4 Å². The maximum absolute atomic E-state index is 3.56. The van der Waals surface area contributed by atoms with Crippen LogP contribution in [0.25, 0.3) is 0 Å². The molecule has 2 aromatic rings. The second-order valence-electron chi connectivity index (χ2n) is 4.50. The standard InChI is InChI=1S/C15H14Br3N/c1-10(8-11-2-4-12(16)5-3-11)19-15-9-13(17)6-7-14(15)18/h2-7,9-10,19H,8H2,1H3. The molecular formula is C15H14Br3N. The zero-order valence-electron chi connectivity index (χ0n) is 10.5. The molecule has 2 rings (SSSR count). The Kier molecular flexibility index (Phi) is 5.48. The van der Waals surface area contributed by atoms with E-state index in [1.54, 1.807) is 0 Å². The fraction of sp³-hybridized carbons (Fsp3) is 0.200. The van der Waals surface area contributed by atoms with Crippen LogP contribution < -0.4 is 5.32 Å². The van der Waals surface area contributed by atoms with Crippen LogP contribution in [0.15, 0.2) is 55.9 Å². The molecule has 4 heteroatoms. The second kappa shape index (κ2) is 6.91. The van der Waals surface area contributed by atoms with Crippen molar-refractivity contribution in [1.29, 1.82) is 0 Å². The third-order valence-corrected chi connectivity index (χ3v) is 4.50. The van der Waals surface area contributed by atoms with E-state index < -0.39 is 0 Å². The van der Waals surface area contributed by atoms with Crippen LogP contribution in [-0.2, 0) is 6.42 Å². The highest BCUT2D eigenvalue weighted by molar-refractivity contribution is 9.11. The molecule has 1 N–H and O–H groups in total. The molecule has 0 fully saturated rings. The number of halogens is 3. The lowest BCUT2D eigenvalue weighted by Gasteiger charge is -2.17. The van der Waals surface area contributed by atoms with Crippen LogP contribution in [0.2, 0.25) is 0 Å². The molecule has 100 valence electrons. The zero-order chi connectivity index (χ0) is 13.8. The first-order chi connectivity index (χ1) is 9.04. The first-order valence-corrected chi connectivity index (χ1v) is 8.38. The molecule has 0 aliphatic carbocycles. The van der Waals surface area contributed by atoms with Crippen LogP contribution in [0.1, 0.15) is 12.5 Å². The predicted octanol–water partition coefficient (Wildman–Crippen LogP) is 6.02. The second-order valence-corrected chi connectivity index (χ2v) is 7.19. The summed E-state index contributed by atoms with van der Waals surface area (Å²) in [7, 11) is 0. The van der Waals surface area contributed by atoms with Gasteiger partial charge in [0.2, 0.25) is 0 Å². The number of anilines is 1. The van der Waals surface area contributed by atoms with Gasteiger partial charge in [-0.05, 0) is 65.2 Å². The molecule has 19 heavy (non-hydrogen) atoms. The Morgan fingerprint density at radius 2 is 1.58 bits per heavy atom. The maximum atomic E-state index is 3.56. The molecule has 2 aromatic carbocycles. The van der Waals surface area contributed by atoms with Crippen molar-refractivity contribution in [1.82, 2.24) is 0 Å². The van der Waals surface area contributed by atoms with Gasteiger partial charge in [-0.2, -0.15) is 0 Å². The van der Waals surface area contributed by atoms with Gasteiger partial charge >= 0.3 is 0 Å². The average molecular weight is 448 g/mol. The van der Waals surface area contributed by atoms with Crippen molar-refractivity contribution in [2.45, 2.75) is 19.4 Å². The molecule has 0 aliphatic rings. The van der Waals surface area contributed by atoms with Gasteiger partial charge in [-0.15, -0.1) is 0 Å². The van der Waals surface area contributed by atoms with Gasteiger partial charge in [-0.25, -0.2) is 0 Å². The molecule has 1 nitrogen and oxygen atoms in total. The topological polar surface area (TPSA) is 12.0 Å². The lowest BCUT2D eigenvalue weighted by molar-refractivity contribution is 0.789. The highest BCUT2D eigenvalue weighted by Gasteiger charge is 2.06. The predicted molar refractivity (Wildman–Crippen MR) is 92.8 cm³/mol. The van der Waals surface area contributed by atoms with Gasteiger partial charge < -0.3 is 5.32 Å². The Bertz CT molecular complexity index is 552. The molecule has 0 aliphatic heterocycles. The fourth-order valence-corrected chi connectivity index (χ4v) is 2.89. The van der Waals surface area contributed by atoms with Gasteiger partial charge in [0.25, 0.3) is 0 Å². The SMILES string of the molecule is CC(Cc1ccc(Br)cc1)Nc1cc(Br)ccc1Br. The average Bonchev–Trinajstić information content (AvgIpc) is 2.37. The van der Waals surface area contributed by atoms with Crippen LogP contribution in [0.5, 0.6) is 0 Å². The summed E-state index contributed by atoms with van der Waals surface area (Å²) in [5.41, 5.74) is 2.44. The third-order valence-electron chi connectivity index (χ3n) is 2.79. The minimum absolute atomic E-state index is 0.367. The van der Waals surface area contributed by atoms with Gasteiger partial charge in [0.05, 0.1) is 0 Å². The lowest BCUT2D eigenvalue weighted by atomic mass is 10.1. The zero-order valence-corrected chi connectivity index (χ0v) is 15.2. The molecule has 1 unspecified atom stereocenters. The highest BCUT2D eigenvalue weighted by Crippen LogP contribution is 2.27. The Morgan fingerprint density at radius 3 is 2.26 bits per heavy atom. The smallest absolute Gasteiger partial charge is 0.0498 e. The van der Waals surface area contributed by atoms with E-state index in [1.165, 1.54) is 5.56 Å². The molecule has 0 heterocycles. The van der Waals surface area contributed by atoms with E-state index in [4.69, 9.17) is 0 Å². The van der Waals surface area contributed by atoms with E-state index in [-0.39, 0.29) is 0 Å². The molecule has 0 spiro atoms. The minimum atomic E-state index is 0.367. The Labute approximate surface area is 139 Å². The monoisotopic (exact) mass is 445 g/mol. The third kappa shape index (κ3) is 4.62. The summed E-state index contributed by atoms with van der Waals surface area (Å²) in [6, 6.07) is 15.0. The Morgan fingerprint density at radius 1 is 0.947 bits per heavy atom. The summed E-state index contributed by atoms with van der Waals surface area (Å²) in [5.74, 6) is 0. The number of nitrogens with one attached hydrogen (secondary N) is 1. The van der Waals surface area contributed by atoms with Gasteiger partial charge in [-0.3, -0.25) is 0 Å². The maximum Gasteiger partial charge on any atom is 0.0498 e. The summed E-state index contributed by atoms with van der Waals surface area (Å²) in [6.45, 7) is 2.19. The Hall–Kier alpha value is -0.320. The van der Waals surface area contributed by atoms with Gasteiger partial charge in [0.15, 0.2) is 0 Å². The number of hydrogen-bond donors (Lipinski definition) is 1. The molecule has 0 aromatic heterocycles. The summed E-state index contributed by atoms with van der Waals surface area (Å²) in [6.07, 6.45) is 0.992. The molecular weight excluding hydrogens is 434 g/mol. The number of benzene rings is 2. The van der Waals surface area contributed by atoms with Crippen LogP contribution in [-0.4, -0.2) is 6.04 Å². The number of hydrogen-bond acceptors (Lipinski definition) is 1. The molecule has 0 saturated carbocycles. The molecule has 0 bridgehead atoms. The van der Waals surface area contributed by atoms with E-state index in [0.717, 1.165) is 25.5 Å². The lowest BCUT2D eigenvalue weighted by Crippen LogP contribution is -2.18. The van der Waals surface area contributed by atoms with Gasteiger partial charge in [0.1, 0.15) is 0 Å². The van der Waals surface area contributed by atoms with Crippen molar-refractivity contribution in [3.8, 4) is 0 Å². The van der Waals surface area contributed by atoms with E-state index in [2.05, 4.69) is 90.4 Å². The van der Waals surface area contributed by atoms with E-state index in [0.29, 0.717) is 6.04 Å². The normalized spacial score (nSPS) is 12.2. The van der Waals surface area contributed by atoms with Crippen molar-refractivity contribution in [3.63, 3.8) is 0 Å². The minimum Gasteiger partial charge on any atom is -0.381 e. The van der Waals surface area contributed by atoms with Crippen molar-refractivity contribution in [2.75, 3.05) is 5.32 Å². The fourth-order valence-electron chi connectivity index (χ4n) is 1.90. The van der Waals surface area contributed by atoms with Gasteiger partial charge in [-0.1, -0.05) is 44.0 Å². The van der Waals surface area contributed by atoms with E-state index in [9.17, 15) is 0 Å². The highest BCUT2D eigenvalue weighted by atomic mass is 79.9. The van der Waals surface area contributed by atoms with Crippen LogP contribution in [0.4, 0.5) is 5.69 Å². The van der Waals surface area contributed by atoms with Crippen molar-refractivity contribution >= 4 is 53.5 Å². The molecule has 0 saturated heterocycles. The largest absolute Gasteiger partial charge is 0.381 e. The van der Waals surface area contributed by atoms with Crippen LogP contribution in [0, 0.1) is 0 Å². The summed E-state index contributed by atoms with van der Waals surface area (Å²) < 4.78 is 3.28. The van der Waals surface area contributed by atoms with Crippen molar-refractivity contribution < 1.29 is 0 Å². The van der Waals surface area contributed by atoms with E-state index >= 15 is 0 Å². The summed E-state index contributed by atoms with van der Waals surface area (Å²) in [4.78, 5) is 0. The number of rotatable bonds is 4. The molecule has 0 amide bonds. The molecule has 1 atom stereocenters. The van der Waals surface area contributed by atoms with Crippen LogP contribution in [0.3, 0.4) is 0 Å². The summed E-state index contributed by atoms with van der Waals surface area (Å²) >= 11 is 10.5. The Balaban J connectivity index is 2.02. The van der Waals surface area contributed by atoms with Gasteiger partial charge in [0, 0.05) is 25.1 Å².